The van der Waals surface area contributed by atoms with Gasteiger partial charge in [-0.05, 0) is 19.8 Å². The van der Waals surface area contributed by atoms with Crippen molar-refractivity contribution in [3.05, 3.63) is 0 Å². The predicted molar refractivity (Wildman–Crippen MR) is 66.2 cm³/mol. The first-order valence-corrected chi connectivity index (χ1v) is 6.14. The molecule has 4 heteroatoms. The lowest BCUT2D eigenvalue weighted by Crippen LogP contribution is -2.35. The number of hydrogen-bond acceptors (Lipinski definition) is 3. The average Bonchev–Trinajstić information content (AvgIpc) is 2.26. The Kier molecular flexibility index (Phi) is 9.24. The molecule has 0 spiro atoms. The minimum absolute atomic E-state index is 0.0967. The largest absolute Gasteiger partial charge is 0.383 e. The molecule has 0 aliphatic rings. The molecule has 0 aliphatic carbocycles. The fourth-order valence-corrected chi connectivity index (χ4v) is 1.42. The van der Waals surface area contributed by atoms with Gasteiger partial charge in [-0.15, -0.1) is 0 Å². The lowest BCUT2D eigenvalue weighted by atomic mass is 10.1. The molecule has 1 amide bonds. The van der Waals surface area contributed by atoms with E-state index in [-0.39, 0.29) is 11.9 Å². The Balaban J connectivity index is 3.98. The van der Waals surface area contributed by atoms with E-state index in [0.29, 0.717) is 19.6 Å². The van der Waals surface area contributed by atoms with E-state index in [2.05, 4.69) is 6.92 Å². The van der Waals surface area contributed by atoms with Crippen molar-refractivity contribution >= 4 is 5.91 Å². The number of methoxy groups -OCH3 is 1. The highest BCUT2D eigenvalue weighted by molar-refractivity contribution is 5.76. The molecule has 1 atom stereocenters. The van der Waals surface area contributed by atoms with Crippen molar-refractivity contribution in [2.45, 2.75) is 45.6 Å². The van der Waals surface area contributed by atoms with E-state index >= 15 is 0 Å². The molecule has 0 heterocycles. The number of nitrogens with zero attached hydrogens (tertiary/aromatic N) is 1. The van der Waals surface area contributed by atoms with E-state index in [4.69, 9.17) is 10.5 Å². The summed E-state index contributed by atoms with van der Waals surface area (Å²) < 4.78 is 5.01. The molecular weight excluding hydrogens is 204 g/mol. The van der Waals surface area contributed by atoms with Gasteiger partial charge in [-0.2, -0.15) is 0 Å². The summed E-state index contributed by atoms with van der Waals surface area (Å²) in [5.41, 5.74) is 5.65. The van der Waals surface area contributed by atoms with Crippen LogP contribution in [0.1, 0.15) is 39.5 Å². The fraction of sp³-hybridized carbons (Fsp3) is 0.917. The van der Waals surface area contributed by atoms with Gasteiger partial charge in [0.1, 0.15) is 0 Å². The zero-order chi connectivity index (χ0) is 12.4. The Morgan fingerprint density at radius 3 is 2.62 bits per heavy atom. The maximum absolute atomic E-state index is 11.9. The number of nitrogens with two attached hydrogens (primary N) is 1. The van der Waals surface area contributed by atoms with Crippen LogP contribution in [0.2, 0.25) is 0 Å². The average molecular weight is 230 g/mol. The second-order valence-corrected chi connectivity index (χ2v) is 4.24. The molecule has 16 heavy (non-hydrogen) atoms. The molecule has 0 aromatic rings. The molecule has 0 saturated heterocycles. The van der Waals surface area contributed by atoms with Crippen LogP contribution in [0.3, 0.4) is 0 Å². The Morgan fingerprint density at radius 2 is 2.12 bits per heavy atom. The minimum Gasteiger partial charge on any atom is -0.383 e. The second kappa shape index (κ2) is 9.60. The van der Waals surface area contributed by atoms with Crippen LogP contribution in [-0.4, -0.2) is 43.7 Å². The minimum atomic E-state index is 0.0967. The molecule has 0 fully saturated rings. The molecule has 1 unspecified atom stereocenters. The second-order valence-electron chi connectivity index (χ2n) is 4.24. The van der Waals surface area contributed by atoms with Gasteiger partial charge in [-0.1, -0.05) is 13.3 Å². The van der Waals surface area contributed by atoms with Gasteiger partial charge in [0.15, 0.2) is 0 Å². The number of carbonyl (C=O) groups excluding carboxylic acids is 1. The molecule has 0 saturated carbocycles. The number of rotatable bonds is 9. The highest BCUT2D eigenvalue weighted by Crippen LogP contribution is 2.02. The lowest BCUT2D eigenvalue weighted by Gasteiger charge is -2.22. The third-order valence-corrected chi connectivity index (χ3v) is 2.51. The third kappa shape index (κ3) is 7.65. The van der Waals surface area contributed by atoms with Crippen LogP contribution >= 0.6 is 0 Å². The molecule has 96 valence electrons. The summed E-state index contributed by atoms with van der Waals surface area (Å²) in [6.07, 6.45) is 3.46. The fourth-order valence-electron chi connectivity index (χ4n) is 1.42. The van der Waals surface area contributed by atoms with Crippen LogP contribution in [0.5, 0.6) is 0 Å². The van der Waals surface area contributed by atoms with Gasteiger partial charge in [0.05, 0.1) is 6.61 Å². The van der Waals surface area contributed by atoms with Crippen molar-refractivity contribution < 1.29 is 9.53 Å². The molecule has 2 N–H and O–H groups in total. The lowest BCUT2D eigenvalue weighted by molar-refractivity contribution is -0.132. The van der Waals surface area contributed by atoms with Crippen molar-refractivity contribution in [1.82, 2.24) is 4.90 Å². The van der Waals surface area contributed by atoms with Gasteiger partial charge in [0.2, 0.25) is 5.91 Å². The van der Waals surface area contributed by atoms with E-state index in [0.717, 1.165) is 25.8 Å². The normalized spacial score (nSPS) is 12.5. The van der Waals surface area contributed by atoms with Crippen LogP contribution in [0.4, 0.5) is 0 Å². The van der Waals surface area contributed by atoms with Crippen LogP contribution in [0.15, 0.2) is 0 Å². The standard InChI is InChI=1S/C12H26N2O2/c1-4-5-8-14(9-10-16-3)12(15)7-6-11(2)13/h11H,4-10,13H2,1-3H3. The van der Waals surface area contributed by atoms with Gasteiger partial charge < -0.3 is 15.4 Å². The van der Waals surface area contributed by atoms with Gasteiger partial charge in [-0.3, -0.25) is 4.79 Å². The molecule has 0 rings (SSSR count). The van der Waals surface area contributed by atoms with Crippen molar-refractivity contribution in [1.29, 1.82) is 0 Å². The quantitative estimate of drug-likeness (QED) is 0.651. The van der Waals surface area contributed by atoms with Gasteiger partial charge in [-0.25, -0.2) is 0 Å². The molecule has 0 aromatic heterocycles. The van der Waals surface area contributed by atoms with Crippen LogP contribution < -0.4 is 5.73 Å². The number of amides is 1. The summed E-state index contributed by atoms with van der Waals surface area (Å²) in [5.74, 6) is 0.197. The first kappa shape index (κ1) is 15.4. The van der Waals surface area contributed by atoms with Gasteiger partial charge in [0, 0.05) is 32.7 Å². The number of unbranched alkanes of at least 4 members (excludes halogenated alkanes) is 1. The van der Waals surface area contributed by atoms with Crippen molar-refractivity contribution in [3.8, 4) is 0 Å². The number of carbonyl (C=O) groups is 1. The molecular formula is C12H26N2O2. The van der Waals surface area contributed by atoms with Crippen molar-refractivity contribution in [2.24, 2.45) is 5.73 Å². The smallest absolute Gasteiger partial charge is 0.222 e. The predicted octanol–water partition coefficient (Wildman–Crippen LogP) is 1.39. The Hall–Kier alpha value is -0.610. The first-order valence-electron chi connectivity index (χ1n) is 6.14. The summed E-state index contributed by atoms with van der Waals surface area (Å²) in [6.45, 7) is 6.18. The van der Waals surface area contributed by atoms with Crippen molar-refractivity contribution in [2.75, 3.05) is 26.8 Å². The van der Waals surface area contributed by atoms with E-state index < -0.39 is 0 Å². The number of hydrogen-bond donors (Lipinski definition) is 1. The summed E-state index contributed by atoms with van der Waals surface area (Å²) in [5, 5.41) is 0. The Bertz CT molecular complexity index is 176. The van der Waals surface area contributed by atoms with E-state index in [9.17, 15) is 4.79 Å². The zero-order valence-electron chi connectivity index (χ0n) is 10.9. The van der Waals surface area contributed by atoms with Gasteiger partial charge in [0.25, 0.3) is 0 Å². The first-order chi connectivity index (χ1) is 7.61. The topological polar surface area (TPSA) is 55.6 Å². The maximum Gasteiger partial charge on any atom is 0.222 e. The summed E-state index contributed by atoms with van der Waals surface area (Å²) in [6, 6.07) is 0.0967. The van der Waals surface area contributed by atoms with Crippen LogP contribution in [-0.2, 0) is 9.53 Å². The Labute approximate surface area is 99.1 Å². The third-order valence-electron chi connectivity index (χ3n) is 2.51. The van der Waals surface area contributed by atoms with Crippen LogP contribution in [0, 0.1) is 0 Å². The Morgan fingerprint density at radius 1 is 1.44 bits per heavy atom. The summed E-state index contributed by atoms with van der Waals surface area (Å²) in [7, 11) is 1.66. The SMILES string of the molecule is CCCCN(CCOC)C(=O)CCC(C)N. The van der Waals surface area contributed by atoms with E-state index in [1.807, 2.05) is 11.8 Å². The van der Waals surface area contributed by atoms with E-state index in [1.54, 1.807) is 7.11 Å². The molecule has 0 radical (unpaired) electrons. The summed E-state index contributed by atoms with van der Waals surface area (Å²) >= 11 is 0. The molecule has 0 aromatic carbocycles. The highest BCUT2D eigenvalue weighted by Gasteiger charge is 2.12. The molecule has 0 aliphatic heterocycles. The monoisotopic (exact) mass is 230 g/mol. The van der Waals surface area contributed by atoms with Crippen LogP contribution in [0.25, 0.3) is 0 Å². The molecule has 0 bridgehead atoms. The van der Waals surface area contributed by atoms with Crippen molar-refractivity contribution in [3.63, 3.8) is 0 Å². The zero-order valence-corrected chi connectivity index (χ0v) is 10.9. The number of ether oxygens (including phenoxy) is 1. The summed E-state index contributed by atoms with van der Waals surface area (Å²) in [4.78, 5) is 13.8. The highest BCUT2D eigenvalue weighted by atomic mass is 16.5. The maximum atomic E-state index is 11.9. The molecule has 4 nitrogen and oxygen atoms in total. The van der Waals surface area contributed by atoms with E-state index in [1.165, 1.54) is 0 Å². The van der Waals surface area contributed by atoms with Gasteiger partial charge >= 0.3 is 0 Å².